The Kier molecular flexibility index (Phi) is 7.03. The van der Waals surface area contributed by atoms with Crippen LogP contribution in [0.25, 0.3) is 11.0 Å². The fraction of sp³-hybridized carbons (Fsp3) is 0.233. The second kappa shape index (κ2) is 10.7. The molecule has 0 aliphatic carbocycles. The minimum absolute atomic E-state index is 0.00587. The maximum atomic E-state index is 13.0. The summed E-state index contributed by atoms with van der Waals surface area (Å²) >= 11 is 0. The number of carbonyl (C=O) groups excluding carboxylic acids is 2. The minimum Gasteiger partial charge on any atom is -0.489 e. The number of nitrogens with zero attached hydrogens (tertiary/aromatic N) is 1. The maximum Gasteiger partial charge on any atom is 0.336 e. The van der Waals surface area contributed by atoms with E-state index in [9.17, 15) is 14.4 Å². The van der Waals surface area contributed by atoms with E-state index in [-0.39, 0.29) is 23.4 Å². The lowest BCUT2D eigenvalue weighted by atomic mass is 9.95. The van der Waals surface area contributed by atoms with E-state index in [4.69, 9.17) is 9.15 Å². The van der Waals surface area contributed by atoms with Gasteiger partial charge in [0.15, 0.2) is 0 Å². The molecule has 0 atom stereocenters. The number of rotatable bonds is 6. The summed E-state index contributed by atoms with van der Waals surface area (Å²) in [4.78, 5) is 39.0. The van der Waals surface area contributed by atoms with Gasteiger partial charge >= 0.3 is 5.63 Å². The summed E-state index contributed by atoms with van der Waals surface area (Å²) in [7, 11) is 0. The Labute approximate surface area is 214 Å². The van der Waals surface area contributed by atoms with Crippen molar-refractivity contribution in [3.63, 3.8) is 0 Å². The van der Waals surface area contributed by atoms with E-state index < -0.39 is 0 Å². The highest BCUT2D eigenvalue weighted by Crippen LogP contribution is 2.24. The molecule has 3 aromatic carbocycles. The molecule has 0 radical (unpaired) electrons. The zero-order valence-electron chi connectivity index (χ0n) is 20.6. The highest BCUT2D eigenvalue weighted by Gasteiger charge is 2.27. The van der Waals surface area contributed by atoms with Crippen molar-refractivity contribution in [3.8, 4) is 5.75 Å². The zero-order valence-corrected chi connectivity index (χ0v) is 20.6. The number of para-hydroxylation sites is 1. The van der Waals surface area contributed by atoms with Gasteiger partial charge in [0, 0.05) is 47.8 Å². The van der Waals surface area contributed by atoms with E-state index in [2.05, 4.69) is 5.32 Å². The van der Waals surface area contributed by atoms with Crippen molar-refractivity contribution in [2.75, 3.05) is 18.4 Å². The predicted octanol–water partition coefficient (Wildman–Crippen LogP) is 5.17. The van der Waals surface area contributed by atoms with Gasteiger partial charge in [-0.2, -0.15) is 0 Å². The highest BCUT2D eigenvalue weighted by atomic mass is 16.5. The first-order chi connectivity index (χ1) is 18.0. The largest absolute Gasteiger partial charge is 0.489 e. The first-order valence-corrected chi connectivity index (χ1v) is 12.4. The Morgan fingerprint density at radius 1 is 0.973 bits per heavy atom. The molecule has 0 spiro atoms. The summed E-state index contributed by atoms with van der Waals surface area (Å²) < 4.78 is 11.2. The summed E-state index contributed by atoms with van der Waals surface area (Å²) in [5.74, 6) is 0.470. The van der Waals surface area contributed by atoms with Crippen molar-refractivity contribution >= 4 is 28.5 Å². The Balaban J connectivity index is 1.14. The number of carbonyl (C=O) groups is 2. The Morgan fingerprint density at radius 2 is 1.70 bits per heavy atom. The molecule has 0 unspecified atom stereocenters. The third kappa shape index (κ3) is 5.72. The van der Waals surface area contributed by atoms with Crippen LogP contribution in [0.4, 0.5) is 5.69 Å². The number of anilines is 1. The average Bonchev–Trinajstić information content (AvgIpc) is 2.92. The molecule has 0 saturated carbocycles. The molecule has 37 heavy (non-hydrogen) atoms. The molecule has 2 amide bonds. The normalized spacial score (nSPS) is 13.9. The quantitative estimate of drug-likeness (QED) is 0.372. The molecule has 1 N–H and O–H groups in total. The van der Waals surface area contributed by atoms with Gasteiger partial charge in [-0.05, 0) is 67.3 Å². The highest BCUT2D eigenvalue weighted by molar-refractivity contribution is 5.95. The zero-order chi connectivity index (χ0) is 25.8. The lowest BCUT2D eigenvalue weighted by Crippen LogP contribution is -2.41. The SMILES string of the molecule is Cc1cc(=O)oc2cc(OCc3ccc(C(=O)N4CCC(C(=O)Nc5ccccc5)CC4)cc3)ccc12. The van der Waals surface area contributed by atoms with Crippen LogP contribution in [0.1, 0.15) is 34.3 Å². The summed E-state index contributed by atoms with van der Waals surface area (Å²) in [5, 5.41) is 3.83. The van der Waals surface area contributed by atoms with Crippen molar-refractivity contribution in [1.82, 2.24) is 4.90 Å². The third-order valence-electron chi connectivity index (χ3n) is 6.72. The Bertz CT molecular complexity index is 1470. The molecule has 1 fully saturated rings. The van der Waals surface area contributed by atoms with Crippen molar-refractivity contribution in [1.29, 1.82) is 0 Å². The molecule has 0 bridgehead atoms. The molecule has 2 heterocycles. The number of ether oxygens (including phenoxy) is 1. The molecule has 188 valence electrons. The number of likely N-dealkylation sites (tertiary alicyclic amines) is 1. The van der Waals surface area contributed by atoms with E-state index in [0.717, 1.165) is 22.2 Å². The van der Waals surface area contributed by atoms with Crippen LogP contribution in [0.5, 0.6) is 5.75 Å². The van der Waals surface area contributed by atoms with Crippen LogP contribution in [0.3, 0.4) is 0 Å². The molecule has 1 saturated heterocycles. The van der Waals surface area contributed by atoms with Crippen LogP contribution in [-0.4, -0.2) is 29.8 Å². The summed E-state index contributed by atoms with van der Waals surface area (Å²) in [6, 6.07) is 23.7. The van der Waals surface area contributed by atoms with Gasteiger partial charge in [0.25, 0.3) is 5.91 Å². The van der Waals surface area contributed by atoms with E-state index >= 15 is 0 Å². The maximum absolute atomic E-state index is 13.0. The molecular weight excluding hydrogens is 468 g/mol. The molecule has 5 rings (SSSR count). The molecule has 7 nitrogen and oxygen atoms in total. The second-order valence-corrected chi connectivity index (χ2v) is 9.31. The molecule has 1 aliphatic rings. The molecule has 1 aromatic heterocycles. The van der Waals surface area contributed by atoms with Crippen LogP contribution >= 0.6 is 0 Å². The smallest absolute Gasteiger partial charge is 0.336 e. The lowest BCUT2D eigenvalue weighted by Gasteiger charge is -2.31. The summed E-state index contributed by atoms with van der Waals surface area (Å²) in [6.07, 6.45) is 1.28. The van der Waals surface area contributed by atoms with Gasteiger partial charge in [-0.25, -0.2) is 4.79 Å². The Morgan fingerprint density at radius 3 is 2.43 bits per heavy atom. The summed E-state index contributed by atoms with van der Waals surface area (Å²) in [6.45, 7) is 3.29. The van der Waals surface area contributed by atoms with Gasteiger partial charge in [0.1, 0.15) is 17.9 Å². The predicted molar refractivity (Wildman–Crippen MR) is 142 cm³/mol. The van der Waals surface area contributed by atoms with Crippen molar-refractivity contribution < 1.29 is 18.7 Å². The number of nitrogens with one attached hydrogen (secondary N) is 1. The van der Waals surface area contributed by atoms with Crippen LogP contribution < -0.4 is 15.7 Å². The van der Waals surface area contributed by atoms with Gasteiger partial charge in [-0.1, -0.05) is 30.3 Å². The third-order valence-corrected chi connectivity index (χ3v) is 6.72. The second-order valence-electron chi connectivity index (χ2n) is 9.31. The van der Waals surface area contributed by atoms with E-state index in [1.807, 2.05) is 66.4 Å². The number of piperidine rings is 1. The molecule has 1 aliphatic heterocycles. The Hall–Kier alpha value is -4.39. The monoisotopic (exact) mass is 496 g/mol. The number of benzene rings is 3. The first kappa shape index (κ1) is 24.3. The van der Waals surface area contributed by atoms with Crippen molar-refractivity contribution in [3.05, 3.63) is 106 Å². The average molecular weight is 497 g/mol. The van der Waals surface area contributed by atoms with Gasteiger partial charge in [0.2, 0.25) is 5.91 Å². The number of hydrogen-bond acceptors (Lipinski definition) is 5. The lowest BCUT2D eigenvalue weighted by molar-refractivity contribution is -0.121. The van der Waals surface area contributed by atoms with E-state index in [0.29, 0.717) is 49.4 Å². The van der Waals surface area contributed by atoms with Crippen LogP contribution in [0.2, 0.25) is 0 Å². The topological polar surface area (TPSA) is 88.8 Å². The number of aryl methyl sites for hydroxylation is 1. The molecular formula is C30H28N2O5. The fourth-order valence-corrected chi connectivity index (χ4v) is 4.60. The van der Waals surface area contributed by atoms with Gasteiger partial charge < -0.3 is 19.4 Å². The molecule has 7 heteroatoms. The molecule has 4 aromatic rings. The summed E-state index contributed by atoms with van der Waals surface area (Å²) in [5.41, 5.74) is 3.28. The van der Waals surface area contributed by atoms with Crippen molar-refractivity contribution in [2.45, 2.75) is 26.4 Å². The van der Waals surface area contributed by atoms with E-state index in [1.165, 1.54) is 6.07 Å². The minimum atomic E-state index is -0.387. The van der Waals surface area contributed by atoms with E-state index in [1.54, 1.807) is 18.2 Å². The van der Waals surface area contributed by atoms with Gasteiger partial charge in [-0.3, -0.25) is 9.59 Å². The number of fused-ring (bicyclic) bond motifs is 1. The van der Waals surface area contributed by atoms with Gasteiger partial charge in [-0.15, -0.1) is 0 Å². The number of amides is 2. The standard InChI is InChI=1S/C30H28N2O5/c1-20-17-28(33)37-27-18-25(11-12-26(20)27)36-19-21-7-9-23(10-8-21)30(35)32-15-13-22(14-16-32)29(34)31-24-5-3-2-4-6-24/h2-12,17-18,22H,13-16,19H2,1H3,(H,31,34). The van der Waals surface area contributed by atoms with Gasteiger partial charge in [0.05, 0.1) is 0 Å². The van der Waals surface area contributed by atoms with Crippen molar-refractivity contribution in [2.24, 2.45) is 5.92 Å². The van der Waals surface area contributed by atoms with Crippen LogP contribution in [-0.2, 0) is 11.4 Å². The first-order valence-electron chi connectivity index (χ1n) is 12.4. The fourth-order valence-electron chi connectivity index (χ4n) is 4.60. The van der Waals surface area contributed by atoms with Crippen LogP contribution in [0, 0.1) is 12.8 Å². The number of hydrogen-bond donors (Lipinski definition) is 1. The van der Waals surface area contributed by atoms with Crippen LogP contribution in [0.15, 0.2) is 88.1 Å².